The largest absolute Gasteiger partial charge is 0.469 e. The van der Waals surface area contributed by atoms with Gasteiger partial charge >= 0.3 is 5.97 Å². The Labute approximate surface area is 181 Å². The lowest BCUT2D eigenvalue weighted by Crippen LogP contribution is -2.17. The zero-order chi connectivity index (χ0) is 21.5. The molecule has 1 amide bonds. The van der Waals surface area contributed by atoms with Gasteiger partial charge in [0.25, 0.3) is 0 Å². The molecule has 2 aromatic rings. The number of carbonyl (C=O) groups excluding carboxylic acids is 2. The SMILES string of the molecule is COC(=O)C1CCC(CC(=O)Nc2cc(-c3cnn4c3CC(C)(C)C4)c(Cl)cn2)C1. The molecular formula is C22H27ClN4O3. The number of nitrogens with zero attached hydrogens (tertiary/aromatic N) is 3. The van der Waals surface area contributed by atoms with E-state index >= 15 is 0 Å². The minimum absolute atomic E-state index is 0.0956. The predicted molar refractivity (Wildman–Crippen MR) is 114 cm³/mol. The van der Waals surface area contributed by atoms with Crippen molar-refractivity contribution in [3.8, 4) is 11.1 Å². The van der Waals surface area contributed by atoms with E-state index in [1.165, 1.54) is 7.11 Å². The second-order valence-electron chi connectivity index (χ2n) is 9.20. The first-order chi connectivity index (χ1) is 14.3. The second-order valence-corrected chi connectivity index (χ2v) is 9.61. The Hall–Kier alpha value is -2.41. The molecule has 2 aromatic heterocycles. The molecule has 2 unspecified atom stereocenters. The van der Waals surface area contributed by atoms with Gasteiger partial charge in [0, 0.05) is 36.0 Å². The predicted octanol–water partition coefficient (Wildman–Crippen LogP) is 4.10. The highest BCUT2D eigenvalue weighted by molar-refractivity contribution is 6.33. The van der Waals surface area contributed by atoms with E-state index < -0.39 is 0 Å². The number of hydrogen-bond acceptors (Lipinski definition) is 5. The standard InChI is InChI=1S/C22H27ClN4O3/c1-22(2)9-18-16(10-25-27(18)12-22)15-8-19(24-11-17(15)23)26-20(28)7-13-4-5-14(6-13)21(29)30-3/h8,10-11,13-14H,4-7,9,12H2,1-3H3,(H,24,26,28). The molecule has 1 aliphatic heterocycles. The Morgan fingerprint density at radius 1 is 1.30 bits per heavy atom. The van der Waals surface area contributed by atoms with Crippen molar-refractivity contribution in [1.82, 2.24) is 14.8 Å². The normalized spacial score (nSPS) is 22.0. The van der Waals surface area contributed by atoms with Crippen LogP contribution >= 0.6 is 11.6 Å². The van der Waals surface area contributed by atoms with Gasteiger partial charge in [0.15, 0.2) is 0 Å². The highest BCUT2D eigenvalue weighted by Crippen LogP contribution is 2.39. The molecule has 160 valence electrons. The fourth-order valence-corrected chi connectivity index (χ4v) is 4.89. The fraction of sp³-hybridized carbons (Fsp3) is 0.545. The van der Waals surface area contributed by atoms with E-state index in [1.807, 2.05) is 16.9 Å². The van der Waals surface area contributed by atoms with Gasteiger partial charge in [-0.15, -0.1) is 0 Å². The molecular weight excluding hydrogens is 404 g/mol. The first kappa shape index (κ1) is 20.8. The molecule has 1 N–H and O–H groups in total. The highest BCUT2D eigenvalue weighted by atomic mass is 35.5. The Morgan fingerprint density at radius 2 is 2.10 bits per heavy atom. The average Bonchev–Trinajstić information content (AvgIpc) is 3.37. The van der Waals surface area contributed by atoms with Crippen LogP contribution in [0.15, 0.2) is 18.5 Å². The first-order valence-electron chi connectivity index (χ1n) is 10.3. The van der Waals surface area contributed by atoms with Crippen molar-refractivity contribution in [2.45, 2.75) is 52.5 Å². The van der Waals surface area contributed by atoms with E-state index in [0.717, 1.165) is 42.6 Å². The topological polar surface area (TPSA) is 86.1 Å². The third-order valence-corrected chi connectivity index (χ3v) is 6.44. The number of aromatic nitrogens is 3. The van der Waals surface area contributed by atoms with Crippen molar-refractivity contribution < 1.29 is 14.3 Å². The molecule has 1 aliphatic carbocycles. The van der Waals surface area contributed by atoms with E-state index in [2.05, 4.69) is 29.2 Å². The number of fused-ring (bicyclic) bond motifs is 1. The van der Waals surface area contributed by atoms with Gasteiger partial charge < -0.3 is 10.1 Å². The van der Waals surface area contributed by atoms with Gasteiger partial charge in [0.2, 0.25) is 5.91 Å². The molecule has 1 fully saturated rings. The number of esters is 1. The van der Waals surface area contributed by atoms with E-state index in [0.29, 0.717) is 23.7 Å². The summed E-state index contributed by atoms with van der Waals surface area (Å²) in [6.07, 6.45) is 7.01. The number of carbonyl (C=O) groups is 2. The number of amides is 1. The number of halogens is 1. The quantitative estimate of drug-likeness (QED) is 0.721. The van der Waals surface area contributed by atoms with Crippen LogP contribution in [-0.2, 0) is 27.3 Å². The third-order valence-electron chi connectivity index (χ3n) is 6.14. The molecule has 1 saturated carbocycles. The summed E-state index contributed by atoms with van der Waals surface area (Å²) in [4.78, 5) is 28.5. The maximum absolute atomic E-state index is 12.6. The maximum atomic E-state index is 12.6. The highest BCUT2D eigenvalue weighted by Gasteiger charge is 2.33. The average molecular weight is 431 g/mol. The Bertz CT molecular complexity index is 985. The van der Waals surface area contributed by atoms with Crippen LogP contribution in [0.3, 0.4) is 0 Å². The van der Waals surface area contributed by atoms with Crippen molar-refractivity contribution in [1.29, 1.82) is 0 Å². The van der Waals surface area contributed by atoms with Crippen LogP contribution in [0.25, 0.3) is 11.1 Å². The molecule has 0 spiro atoms. The number of pyridine rings is 1. The summed E-state index contributed by atoms with van der Waals surface area (Å²) in [5.41, 5.74) is 3.14. The number of ether oxygens (including phenoxy) is 1. The lowest BCUT2D eigenvalue weighted by molar-refractivity contribution is -0.145. The Balaban J connectivity index is 1.45. The van der Waals surface area contributed by atoms with E-state index in [9.17, 15) is 9.59 Å². The smallest absolute Gasteiger partial charge is 0.308 e. The lowest BCUT2D eigenvalue weighted by atomic mass is 9.89. The van der Waals surface area contributed by atoms with Crippen molar-refractivity contribution >= 4 is 29.3 Å². The van der Waals surface area contributed by atoms with Crippen LogP contribution in [0.4, 0.5) is 5.82 Å². The lowest BCUT2D eigenvalue weighted by Gasteiger charge is -2.15. The number of hydrogen-bond donors (Lipinski definition) is 1. The number of rotatable bonds is 5. The summed E-state index contributed by atoms with van der Waals surface area (Å²) in [6, 6.07) is 1.81. The van der Waals surface area contributed by atoms with Crippen LogP contribution in [0.5, 0.6) is 0 Å². The summed E-state index contributed by atoms with van der Waals surface area (Å²) in [7, 11) is 1.41. The van der Waals surface area contributed by atoms with E-state index in [4.69, 9.17) is 16.3 Å². The molecule has 3 heterocycles. The first-order valence-corrected chi connectivity index (χ1v) is 10.7. The summed E-state index contributed by atoms with van der Waals surface area (Å²) in [5.74, 6) is 0.273. The van der Waals surface area contributed by atoms with Crippen LogP contribution in [0.2, 0.25) is 5.02 Å². The maximum Gasteiger partial charge on any atom is 0.308 e. The number of nitrogens with one attached hydrogen (secondary N) is 1. The van der Waals surface area contributed by atoms with Gasteiger partial charge in [0.1, 0.15) is 5.82 Å². The van der Waals surface area contributed by atoms with Gasteiger partial charge in [-0.1, -0.05) is 25.4 Å². The van der Waals surface area contributed by atoms with E-state index in [-0.39, 0.29) is 29.1 Å². The van der Waals surface area contributed by atoms with Crippen molar-refractivity contribution in [3.63, 3.8) is 0 Å². The Morgan fingerprint density at radius 3 is 2.87 bits per heavy atom. The summed E-state index contributed by atoms with van der Waals surface area (Å²) < 4.78 is 6.85. The monoisotopic (exact) mass is 430 g/mol. The molecule has 0 bridgehead atoms. The number of anilines is 1. The minimum Gasteiger partial charge on any atom is -0.469 e. The minimum atomic E-state index is -0.182. The van der Waals surface area contributed by atoms with Gasteiger partial charge in [-0.05, 0) is 43.1 Å². The summed E-state index contributed by atoms with van der Waals surface area (Å²) in [5, 5.41) is 7.93. The molecule has 7 nitrogen and oxygen atoms in total. The van der Waals surface area contributed by atoms with Gasteiger partial charge in [-0.3, -0.25) is 14.3 Å². The van der Waals surface area contributed by atoms with Gasteiger partial charge in [-0.2, -0.15) is 5.10 Å². The van der Waals surface area contributed by atoms with Crippen molar-refractivity contribution in [2.24, 2.45) is 17.3 Å². The van der Waals surface area contributed by atoms with E-state index in [1.54, 1.807) is 6.20 Å². The molecule has 8 heteroatoms. The molecule has 4 rings (SSSR count). The number of methoxy groups -OCH3 is 1. The molecule has 30 heavy (non-hydrogen) atoms. The fourth-order valence-electron chi connectivity index (χ4n) is 4.68. The molecule has 0 saturated heterocycles. The Kier molecular flexibility index (Phi) is 5.57. The van der Waals surface area contributed by atoms with Crippen LogP contribution in [0, 0.1) is 17.3 Å². The van der Waals surface area contributed by atoms with Crippen LogP contribution in [-0.4, -0.2) is 33.8 Å². The van der Waals surface area contributed by atoms with Crippen LogP contribution < -0.4 is 5.32 Å². The zero-order valence-corrected chi connectivity index (χ0v) is 18.3. The third kappa shape index (κ3) is 4.21. The summed E-state index contributed by atoms with van der Waals surface area (Å²) >= 11 is 6.44. The zero-order valence-electron chi connectivity index (χ0n) is 17.6. The second kappa shape index (κ2) is 8.02. The molecule has 0 aromatic carbocycles. The van der Waals surface area contributed by atoms with Crippen molar-refractivity contribution in [2.75, 3.05) is 12.4 Å². The van der Waals surface area contributed by atoms with Gasteiger partial charge in [-0.25, -0.2) is 4.98 Å². The summed E-state index contributed by atoms with van der Waals surface area (Å²) in [6.45, 7) is 5.32. The molecule has 2 atom stereocenters. The molecule has 2 aliphatic rings. The van der Waals surface area contributed by atoms with Crippen molar-refractivity contribution in [3.05, 3.63) is 29.2 Å². The van der Waals surface area contributed by atoms with Gasteiger partial charge in [0.05, 0.1) is 24.2 Å². The van der Waals surface area contributed by atoms with Crippen LogP contribution in [0.1, 0.15) is 45.2 Å². The molecule has 0 radical (unpaired) electrons.